The van der Waals surface area contributed by atoms with Crippen molar-refractivity contribution in [2.24, 2.45) is 46.3 Å². The van der Waals surface area contributed by atoms with Crippen molar-refractivity contribution in [3.8, 4) is 0 Å². The number of carbonyl (C=O) groups excluding carboxylic acids is 3. The van der Waals surface area contributed by atoms with Gasteiger partial charge in [0.1, 0.15) is 86.0 Å². The zero-order chi connectivity index (χ0) is 60.8. The molecule has 0 unspecified atom stereocenters. The van der Waals surface area contributed by atoms with E-state index < -0.39 is 190 Å². The SMILES string of the molecule is CC(=O)OC[C@H]1O[C@@H](O[C@@H]2C[C@H](O)CC3=CC[C@H]4[C@@H]5C[C@@H]6O[C@@]7(OC[C@H](C)C[C@@H]7O[C@@H]7O[C@H](CO)[C@@H](O)[C@H](O)[C@H]7O)[C@@H](C)[C@@H]6[C@@]5(C)CC[C@@H]4[C@]32C)[C@H](O[C@@H]2O[C@@H](C)[C@H](O)[C@@H](O[C@@H]3O[C@H](CO)[C@@H](O)[C@H](O)[C@H]3O)[C@H]2O)[C@@H](OC(C)=O)[C@H]1OC(C)=O. The van der Waals surface area contributed by atoms with Gasteiger partial charge in [-0.25, -0.2) is 0 Å². The molecule has 84 heavy (non-hydrogen) atoms. The van der Waals surface area contributed by atoms with Crippen LogP contribution in [0, 0.1) is 46.3 Å². The summed E-state index contributed by atoms with van der Waals surface area (Å²) in [4.78, 5) is 38.5. The molecule has 11 N–H and O–H groups in total. The molecule has 10 rings (SSSR count). The fourth-order valence-corrected chi connectivity index (χ4v) is 16.5. The van der Waals surface area contributed by atoms with Crippen molar-refractivity contribution in [2.45, 2.75) is 253 Å². The normalized spacial score (nSPS) is 52.7. The number of ether oxygens (including phenoxy) is 13. The second-order valence-corrected chi connectivity index (χ2v) is 25.9. The van der Waals surface area contributed by atoms with E-state index in [0.29, 0.717) is 38.7 Å². The summed E-state index contributed by atoms with van der Waals surface area (Å²) >= 11 is 0. The van der Waals surface area contributed by atoms with Gasteiger partial charge >= 0.3 is 17.9 Å². The quantitative estimate of drug-likeness (QED) is 0.0495. The van der Waals surface area contributed by atoms with Crippen LogP contribution < -0.4 is 0 Å². The van der Waals surface area contributed by atoms with Crippen LogP contribution in [0.15, 0.2) is 11.6 Å². The molecule has 10 aliphatic rings. The minimum atomic E-state index is -1.99. The number of hydrogen-bond acceptors (Lipinski definition) is 27. The number of fused-ring (bicyclic) bond motifs is 7. The van der Waals surface area contributed by atoms with Crippen LogP contribution >= 0.6 is 0 Å². The van der Waals surface area contributed by atoms with Crippen LogP contribution in [0.3, 0.4) is 0 Å². The highest BCUT2D eigenvalue weighted by Crippen LogP contribution is 2.71. The fraction of sp³-hybridized carbons (Fsp3) is 0.912. The predicted molar refractivity (Wildman–Crippen MR) is 278 cm³/mol. The summed E-state index contributed by atoms with van der Waals surface area (Å²) < 4.78 is 81.4. The molecular weight excluding hydrogens is 1120 g/mol. The Kier molecular flexibility index (Phi) is 19.1. The summed E-state index contributed by atoms with van der Waals surface area (Å²) in [6.07, 6.45) is -29.5. The van der Waals surface area contributed by atoms with Gasteiger partial charge in [-0.05, 0) is 80.5 Å². The van der Waals surface area contributed by atoms with Crippen molar-refractivity contribution < 1.29 is 132 Å². The van der Waals surface area contributed by atoms with Crippen molar-refractivity contribution in [1.29, 1.82) is 0 Å². The average molecular weight is 1210 g/mol. The maximum atomic E-state index is 13.2. The summed E-state index contributed by atoms with van der Waals surface area (Å²) in [7, 11) is 0. The molecule has 9 fully saturated rings. The third-order valence-corrected chi connectivity index (χ3v) is 20.7. The smallest absolute Gasteiger partial charge is 0.303 e. The van der Waals surface area contributed by atoms with Gasteiger partial charge in [0, 0.05) is 38.5 Å². The number of esters is 3. The molecule has 0 aromatic rings. The Morgan fingerprint density at radius 1 is 0.607 bits per heavy atom. The highest BCUT2D eigenvalue weighted by Gasteiger charge is 2.72. The first kappa shape index (κ1) is 64.3. The minimum Gasteiger partial charge on any atom is -0.463 e. The lowest BCUT2D eigenvalue weighted by molar-refractivity contribution is -0.388. The van der Waals surface area contributed by atoms with Crippen molar-refractivity contribution in [3.05, 3.63) is 11.6 Å². The van der Waals surface area contributed by atoms with E-state index in [2.05, 4.69) is 26.8 Å². The first-order valence-electron chi connectivity index (χ1n) is 29.7. The van der Waals surface area contributed by atoms with Crippen LogP contribution in [0.5, 0.6) is 0 Å². The standard InChI is InChI=1S/C57H88O27/c1-21-13-37(81-51-44(69)42(67)40(65)33(17-58)77-51)57(73-19-21)22(2)38-32(84-57)16-31-29-10-9-27-14-28(63)15-36(56(27,8)30(29)11-12-55(31,38)7)80-54-50(49(76-26(6)62)47(75-25(5)61)35(79-54)20-72-24(4)60)83-53-46(71)48(39(64)23(3)74-53)82-52-45(70)43(68)41(66)34(18-59)78-52/h9,21-23,28-54,58-59,63-71H,10-20H2,1-8H3/t21-,22+,23+,28-,29-,30+,31+,32+,33-,34-,35-,36-,37+,38+,39+,40-,41-,42+,43+,44-,45-,46-,47+,48-,49+,50-,51+,52+,53+,54+,55+,56+,57+/m1/s1. The lowest BCUT2D eigenvalue weighted by Crippen LogP contribution is -2.67. The van der Waals surface area contributed by atoms with Crippen LogP contribution in [0.1, 0.15) is 100 Å². The molecule has 4 aliphatic carbocycles. The van der Waals surface area contributed by atoms with Gasteiger partial charge in [-0.15, -0.1) is 0 Å². The van der Waals surface area contributed by atoms with Crippen molar-refractivity contribution in [3.63, 3.8) is 0 Å². The largest absolute Gasteiger partial charge is 0.463 e. The molecule has 0 bridgehead atoms. The Labute approximate surface area is 486 Å². The van der Waals surface area contributed by atoms with E-state index in [4.69, 9.17) is 61.6 Å². The van der Waals surface area contributed by atoms with Gasteiger partial charge in [0.15, 0.2) is 49.3 Å². The van der Waals surface area contributed by atoms with Gasteiger partial charge in [-0.1, -0.05) is 39.3 Å². The average Bonchev–Trinajstić information content (AvgIpc) is 1.47. The summed E-state index contributed by atoms with van der Waals surface area (Å²) in [6.45, 7) is 11.7. The van der Waals surface area contributed by atoms with Crippen molar-refractivity contribution in [2.75, 3.05) is 26.4 Å². The molecule has 0 aromatic carbocycles. The van der Waals surface area contributed by atoms with Crippen LogP contribution in [-0.2, 0) is 76.0 Å². The highest BCUT2D eigenvalue weighted by molar-refractivity contribution is 5.68. The molecular formula is C57H88O27. The van der Waals surface area contributed by atoms with E-state index in [1.807, 2.05) is 6.92 Å². The molecule has 6 saturated heterocycles. The summed E-state index contributed by atoms with van der Waals surface area (Å²) in [5.41, 5.74) is -0.152. The number of carbonyl (C=O) groups is 3. The number of aliphatic hydroxyl groups is 11. The summed E-state index contributed by atoms with van der Waals surface area (Å²) in [5, 5.41) is 119. The van der Waals surface area contributed by atoms with Crippen LogP contribution in [-0.4, -0.2) is 254 Å². The minimum absolute atomic E-state index is 0.0226. The Balaban J connectivity index is 0.942. The Hall–Kier alpha value is -2.69. The monoisotopic (exact) mass is 1200 g/mol. The first-order valence-corrected chi connectivity index (χ1v) is 29.7. The van der Waals surface area contributed by atoms with Crippen molar-refractivity contribution in [1.82, 2.24) is 0 Å². The van der Waals surface area contributed by atoms with Gasteiger partial charge in [-0.2, -0.15) is 0 Å². The maximum absolute atomic E-state index is 13.2. The third kappa shape index (κ3) is 11.4. The Bertz CT molecular complexity index is 2360. The van der Waals surface area contributed by atoms with Gasteiger partial charge in [-0.3, -0.25) is 14.4 Å². The number of hydrogen-bond donors (Lipinski definition) is 11. The third-order valence-electron chi connectivity index (χ3n) is 20.7. The molecule has 3 saturated carbocycles. The van der Waals surface area contributed by atoms with E-state index in [1.54, 1.807) is 0 Å². The van der Waals surface area contributed by atoms with Gasteiger partial charge in [0.2, 0.25) is 0 Å². The molecule has 6 heterocycles. The molecule has 1 spiro atoms. The zero-order valence-corrected chi connectivity index (χ0v) is 48.6. The second kappa shape index (κ2) is 24.9. The molecule has 6 aliphatic heterocycles. The zero-order valence-electron chi connectivity index (χ0n) is 48.6. The molecule has 0 aromatic heterocycles. The second-order valence-electron chi connectivity index (χ2n) is 25.9. The van der Waals surface area contributed by atoms with Crippen LogP contribution in [0.4, 0.5) is 0 Å². The van der Waals surface area contributed by atoms with Crippen molar-refractivity contribution >= 4 is 17.9 Å². The molecule has 27 nitrogen and oxygen atoms in total. The van der Waals surface area contributed by atoms with E-state index in [1.165, 1.54) is 6.92 Å². The van der Waals surface area contributed by atoms with E-state index in [-0.39, 0.29) is 53.4 Å². The van der Waals surface area contributed by atoms with Gasteiger partial charge < -0.3 is 118 Å². The van der Waals surface area contributed by atoms with E-state index >= 15 is 0 Å². The topological polar surface area (TPSA) is 394 Å². The highest BCUT2D eigenvalue weighted by atomic mass is 16.8. The first-order chi connectivity index (χ1) is 39.7. The maximum Gasteiger partial charge on any atom is 0.303 e. The predicted octanol–water partition coefficient (Wildman–Crippen LogP) is -2.31. The number of allylic oxidation sites excluding steroid dienone is 1. The van der Waals surface area contributed by atoms with E-state index in [0.717, 1.165) is 32.8 Å². The molecule has 0 radical (unpaired) electrons. The Morgan fingerprint density at radius 2 is 1.19 bits per heavy atom. The lowest BCUT2D eigenvalue weighted by Gasteiger charge is -2.61. The molecule has 478 valence electrons. The Morgan fingerprint density at radius 3 is 1.81 bits per heavy atom. The van der Waals surface area contributed by atoms with E-state index in [9.17, 15) is 70.6 Å². The lowest BCUT2D eigenvalue weighted by atomic mass is 9.46. The number of rotatable bonds is 14. The van der Waals surface area contributed by atoms with Gasteiger partial charge in [0.05, 0.1) is 44.2 Å². The fourth-order valence-electron chi connectivity index (χ4n) is 16.5. The molecule has 0 amide bonds. The summed E-state index contributed by atoms with van der Waals surface area (Å²) in [5.74, 6) is -3.84. The molecule has 33 atom stereocenters. The van der Waals surface area contributed by atoms with Crippen LogP contribution in [0.2, 0.25) is 0 Å². The van der Waals surface area contributed by atoms with Crippen LogP contribution in [0.25, 0.3) is 0 Å². The van der Waals surface area contributed by atoms with Gasteiger partial charge in [0.25, 0.3) is 0 Å². The molecule has 27 heteroatoms. The number of aliphatic hydroxyl groups excluding tert-OH is 11. The summed E-state index contributed by atoms with van der Waals surface area (Å²) in [6, 6.07) is 0.